The van der Waals surface area contributed by atoms with Crippen LogP contribution < -0.4 is 0 Å². The second-order valence-electron chi connectivity index (χ2n) is 3.16. The molecule has 0 aromatic carbocycles. The van der Waals surface area contributed by atoms with Gasteiger partial charge in [-0.1, -0.05) is 13.0 Å². The van der Waals surface area contributed by atoms with E-state index >= 15 is 0 Å². The normalized spacial score (nSPS) is 28.1. The van der Waals surface area contributed by atoms with Gasteiger partial charge in [0.2, 0.25) is 0 Å². The van der Waals surface area contributed by atoms with E-state index in [-0.39, 0.29) is 12.1 Å². The van der Waals surface area contributed by atoms with Crippen molar-refractivity contribution in [3.05, 3.63) is 11.6 Å². The lowest BCUT2D eigenvalue weighted by Gasteiger charge is -2.36. The van der Waals surface area contributed by atoms with Gasteiger partial charge in [-0.05, 0) is 13.3 Å². The highest BCUT2D eigenvalue weighted by molar-refractivity contribution is 5.89. The van der Waals surface area contributed by atoms with Gasteiger partial charge in [0, 0.05) is 5.92 Å². The molecule has 0 N–H and O–H groups in total. The van der Waals surface area contributed by atoms with Crippen LogP contribution in [0, 0.1) is 5.92 Å². The molecule has 1 fully saturated rings. The van der Waals surface area contributed by atoms with E-state index < -0.39 is 0 Å². The van der Waals surface area contributed by atoms with Crippen molar-refractivity contribution < 1.29 is 14.3 Å². The summed E-state index contributed by atoms with van der Waals surface area (Å²) in [5.74, 6) is 0.205. The van der Waals surface area contributed by atoms with E-state index in [1.54, 1.807) is 6.08 Å². The molecule has 1 rings (SSSR count). The third-order valence-electron chi connectivity index (χ3n) is 2.48. The highest BCUT2D eigenvalue weighted by Gasteiger charge is 2.36. The number of carbonyl (C=O) groups excluding carboxylic acids is 1. The zero-order chi connectivity index (χ0) is 9.84. The first-order valence-electron chi connectivity index (χ1n) is 4.60. The standard InChI is InChI=1S/C10H16O3/c1-4-7-6-13-9(7)8(5-2)10(11)12-3/h5,7,9H,4,6H2,1-3H3. The SMILES string of the molecule is CC=C(C(=O)OC)C1OCC1CC. The lowest BCUT2D eigenvalue weighted by atomic mass is 9.89. The van der Waals surface area contributed by atoms with Crippen molar-refractivity contribution in [2.45, 2.75) is 26.4 Å². The second kappa shape index (κ2) is 4.42. The van der Waals surface area contributed by atoms with Gasteiger partial charge < -0.3 is 9.47 Å². The molecule has 74 valence electrons. The number of ether oxygens (including phenoxy) is 2. The summed E-state index contributed by atoms with van der Waals surface area (Å²) in [5, 5.41) is 0. The first-order valence-corrected chi connectivity index (χ1v) is 4.60. The Morgan fingerprint density at radius 1 is 1.69 bits per heavy atom. The fourth-order valence-electron chi connectivity index (χ4n) is 1.52. The molecule has 0 amide bonds. The van der Waals surface area contributed by atoms with Gasteiger partial charge >= 0.3 is 5.97 Å². The highest BCUT2D eigenvalue weighted by atomic mass is 16.5. The molecule has 0 aromatic rings. The smallest absolute Gasteiger partial charge is 0.336 e. The molecule has 0 bridgehead atoms. The number of esters is 1. The zero-order valence-corrected chi connectivity index (χ0v) is 8.37. The van der Waals surface area contributed by atoms with Crippen molar-refractivity contribution in [1.29, 1.82) is 0 Å². The molecular formula is C10H16O3. The van der Waals surface area contributed by atoms with Crippen molar-refractivity contribution in [3.8, 4) is 0 Å². The van der Waals surface area contributed by atoms with Crippen LogP contribution in [0.15, 0.2) is 11.6 Å². The maximum Gasteiger partial charge on any atom is 0.336 e. The Morgan fingerprint density at radius 3 is 2.69 bits per heavy atom. The van der Waals surface area contributed by atoms with Crippen LogP contribution in [-0.4, -0.2) is 25.8 Å². The Labute approximate surface area is 78.7 Å². The summed E-state index contributed by atoms with van der Waals surface area (Å²) in [7, 11) is 1.39. The van der Waals surface area contributed by atoms with Crippen LogP contribution in [0.25, 0.3) is 0 Å². The minimum absolute atomic E-state index is 0.0394. The van der Waals surface area contributed by atoms with E-state index in [1.165, 1.54) is 7.11 Å². The summed E-state index contributed by atoms with van der Waals surface area (Å²) in [4.78, 5) is 11.3. The van der Waals surface area contributed by atoms with Gasteiger partial charge in [-0.25, -0.2) is 4.79 Å². The van der Waals surface area contributed by atoms with Crippen LogP contribution in [0.3, 0.4) is 0 Å². The van der Waals surface area contributed by atoms with Gasteiger partial charge in [0.15, 0.2) is 0 Å². The lowest BCUT2D eigenvalue weighted by molar-refractivity contribution is -0.144. The number of methoxy groups -OCH3 is 1. The Bertz CT molecular complexity index is 218. The molecule has 3 heteroatoms. The van der Waals surface area contributed by atoms with Crippen LogP contribution in [0.4, 0.5) is 0 Å². The van der Waals surface area contributed by atoms with Crippen LogP contribution in [0.5, 0.6) is 0 Å². The first-order chi connectivity index (χ1) is 6.24. The van der Waals surface area contributed by atoms with E-state index in [4.69, 9.17) is 4.74 Å². The van der Waals surface area contributed by atoms with E-state index in [1.807, 2.05) is 6.92 Å². The molecule has 0 spiro atoms. The first kappa shape index (κ1) is 10.3. The molecule has 0 radical (unpaired) electrons. The van der Waals surface area contributed by atoms with Gasteiger partial charge in [0.25, 0.3) is 0 Å². The van der Waals surface area contributed by atoms with E-state index in [0.29, 0.717) is 11.5 Å². The second-order valence-corrected chi connectivity index (χ2v) is 3.16. The number of allylic oxidation sites excluding steroid dienone is 1. The fraction of sp³-hybridized carbons (Fsp3) is 0.700. The molecule has 0 saturated carbocycles. The predicted octanol–water partition coefficient (Wildman–Crippen LogP) is 1.53. The minimum Gasteiger partial charge on any atom is -0.466 e. The molecule has 3 nitrogen and oxygen atoms in total. The average molecular weight is 184 g/mol. The van der Waals surface area contributed by atoms with Crippen LogP contribution >= 0.6 is 0 Å². The summed E-state index contributed by atoms with van der Waals surface area (Å²) < 4.78 is 10.0. The predicted molar refractivity (Wildman–Crippen MR) is 49.3 cm³/mol. The van der Waals surface area contributed by atoms with Crippen molar-refractivity contribution >= 4 is 5.97 Å². The van der Waals surface area contributed by atoms with Crippen molar-refractivity contribution in [2.75, 3.05) is 13.7 Å². The number of hydrogen-bond donors (Lipinski definition) is 0. The van der Waals surface area contributed by atoms with Gasteiger partial charge in [0.05, 0.1) is 25.4 Å². The third-order valence-corrected chi connectivity index (χ3v) is 2.48. The van der Waals surface area contributed by atoms with Gasteiger partial charge in [-0.2, -0.15) is 0 Å². The Kier molecular flexibility index (Phi) is 3.48. The molecule has 2 atom stereocenters. The summed E-state index contributed by atoms with van der Waals surface area (Å²) >= 11 is 0. The van der Waals surface area contributed by atoms with Gasteiger partial charge in [0.1, 0.15) is 0 Å². The lowest BCUT2D eigenvalue weighted by Crippen LogP contribution is -2.42. The molecule has 1 aliphatic heterocycles. The molecular weight excluding hydrogens is 168 g/mol. The van der Waals surface area contributed by atoms with Crippen LogP contribution in [0.1, 0.15) is 20.3 Å². The van der Waals surface area contributed by atoms with Crippen molar-refractivity contribution in [1.82, 2.24) is 0 Å². The molecule has 2 unspecified atom stereocenters. The third kappa shape index (κ3) is 1.91. The van der Waals surface area contributed by atoms with Gasteiger partial charge in [-0.15, -0.1) is 0 Å². The fourth-order valence-corrected chi connectivity index (χ4v) is 1.52. The molecule has 0 aliphatic carbocycles. The van der Waals surface area contributed by atoms with Crippen LogP contribution in [-0.2, 0) is 14.3 Å². The average Bonchev–Trinajstić information content (AvgIpc) is 2.11. The molecule has 0 aromatic heterocycles. The van der Waals surface area contributed by atoms with Crippen LogP contribution in [0.2, 0.25) is 0 Å². The largest absolute Gasteiger partial charge is 0.466 e. The van der Waals surface area contributed by atoms with E-state index in [9.17, 15) is 4.79 Å². The van der Waals surface area contributed by atoms with Gasteiger partial charge in [-0.3, -0.25) is 0 Å². The molecule has 1 saturated heterocycles. The highest BCUT2D eigenvalue weighted by Crippen LogP contribution is 2.29. The maximum atomic E-state index is 11.3. The van der Waals surface area contributed by atoms with Crippen molar-refractivity contribution in [2.24, 2.45) is 5.92 Å². The maximum absolute atomic E-state index is 11.3. The monoisotopic (exact) mass is 184 g/mol. The van der Waals surface area contributed by atoms with E-state index in [0.717, 1.165) is 13.0 Å². The molecule has 1 heterocycles. The zero-order valence-electron chi connectivity index (χ0n) is 8.37. The number of rotatable bonds is 3. The number of carbonyl (C=O) groups is 1. The quantitative estimate of drug-likeness (QED) is 0.493. The molecule has 13 heavy (non-hydrogen) atoms. The summed E-state index contributed by atoms with van der Waals surface area (Å²) in [6, 6.07) is 0. The summed E-state index contributed by atoms with van der Waals surface area (Å²) in [5.41, 5.74) is 0.653. The summed E-state index contributed by atoms with van der Waals surface area (Å²) in [6.45, 7) is 4.70. The summed E-state index contributed by atoms with van der Waals surface area (Å²) in [6.07, 6.45) is 2.78. The Hall–Kier alpha value is -0.830. The minimum atomic E-state index is -0.273. The topological polar surface area (TPSA) is 35.5 Å². The van der Waals surface area contributed by atoms with E-state index in [2.05, 4.69) is 11.7 Å². The Morgan fingerprint density at radius 2 is 2.38 bits per heavy atom. The van der Waals surface area contributed by atoms with Crippen molar-refractivity contribution in [3.63, 3.8) is 0 Å². The molecule has 1 aliphatic rings. The Balaban J connectivity index is 2.63. The number of hydrogen-bond acceptors (Lipinski definition) is 3.